The van der Waals surface area contributed by atoms with E-state index in [9.17, 15) is 5.11 Å². The Balaban J connectivity index is 1.80. The molecule has 0 saturated heterocycles. The number of pyridine rings is 1. The highest BCUT2D eigenvalue weighted by Crippen LogP contribution is 2.36. The number of hydrogen-bond donors (Lipinski definition) is 2. The number of fused-ring (bicyclic) bond motifs is 1. The number of halogens is 1. The monoisotopic (exact) mass is 393 g/mol. The quantitative estimate of drug-likeness (QED) is 0.545. The van der Waals surface area contributed by atoms with Crippen LogP contribution in [0.3, 0.4) is 0 Å². The van der Waals surface area contributed by atoms with Crippen LogP contribution >= 0.6 is 22.9 Å². The number of nitrogens with two attached hydrogens (primary N) is 1. The molecule has 4 aromatic rings. The fourth-order valence-electron chi connectivity index (χ4n) is 2.69. The fraction of sp³-hybridized carbons (Fsp3) is 0.0526. The van der Waals surface area contributed by atoms with E-state index < -0.39 is 6.10 Å². The van der Waals surface area contributed by atoms with Gasteiger partial charge in [0.15, 0.2) is 5.82 Å². The van der Waals surface area contributed by atoms with Gasteiger partial charge in [0.1, 0.15) is 16.8 Å². The van der Waals surface area contributed by atoms with Crippen molar-refractivity contribution in [2.45, 2.75) is 6.10 Å². The van der Waals surface area contributed by atoms with Gasteiger partial charge in [-0.25, -0.2) is 9.97 Å². The number of aliphatic hydroxyl groups excluding tert-OH is 1. The lowest BCUT2D eigenvalue weighted by atomic mass is 10.1. The first-order valence-corrected chi connectivity index (χ1v) is 9.12. The first-order chi connectivity index (χ1) is 13.1. The van der Waals surface area contributed by atoms with Gasteiger partial charge in [0.2, 0.25) is 0 Å². The first kappa shape index (κ1) is 17.4. The van der Waals surface area contributed by atoms with Gasteiger partial charge >= 0.3 is 0 Å². The summed E-state index contributed by atoms with van der Waals surface area (Å²) in [5, 5.41) is 20.8. The Labute approximate surface area is 163 Å². The minimum absolute atomic E-state index is 0.305. The lowest BCUT2D eigenvalue weighted by molar-refractivity contribution is 0.219. The van der Waals surface area contributed by atoms with E-state index in [0.29, 0.717) is 48.6 Å². The molecule has 1 unspecified atom stereocenters. The number of nitrogen functional groups attached to an aromatic ring is 1. The number of benzene rings is 1. The second kappa shape index (κ2) is 6.93. The molecule has 0 radical (unpaired) electrons. The zero-order valence-electron chi connectivity index (χ0n) is 13.8. The van der Waals surface area contributed by atoms with Gasteiger partial charge in [0, 0.05) is 16.6 Å². The Kier molecular flexibility index (Phi) is 4.46. The maximum atomic E-state index is 10.7. The second-order valence-corrected chi connectivity index (χ2v) is 7.24. The topological polar surface area (TPSA) is 109 Å². The van der Waals surface area contributed by atoms with Gasteiger partial charge < -0.3 is 10.8 Å². The average Bonchev–Trinajstić information content (AvgIpc) is 3.13. The Morgan fingerprint density at radius 2 is 2.04 bits per heavy atom. The number of thiophene rings is 1. The molecule has 132 valence electrons. The van der Waals surface area contributed by atoms with E-state index in [4.69, 9.17) is 22.6 Å². The van der Waals surface area contributed by atoms with Crippen LogP contribution in [0.1, 0.15) is 22.2 Å². The number of aromatic nitrogens is 3. The van der Waals surface area contributed by atoms with E-state index >= 15 is 0 Å². The molecule has 0 aliphatic carbocycles. The molecule has 3 heterocycles. The summed E-state index contributed by atoms with van der Waals surface area (Å²) in [6, 6.07) is 14.2. The van der Waals surface area contributed by atoms with Gasteiger partial charge in [0.05, 0.1) is 27.7 Å². The van der Waals surface area contributed by atoms with E-state index in [0.717, 1.165) is 0 Å². The summed E-state index contributed by atoms with van der Waals surface area (Å²) in [5.74, 6) is 0.732. The standard InChI is InChI=1S/C19H12ClN5OS/c20-13-5-2-6-23-15(13)16(26)14-8-12-17(22)24-18(25-19(12)27-14)11-4-1-3-10(7-11)9-21/h1-8,16,26H,(H2,22,24,25). The fourth-order valence-corrected chi connectivity index (χ4v) is 3.94. The van der Waals surface area contributed by atoms with Crippen molar-refractivity contribution in [1.29, 1.82) is 5.26 Å². The summed E-state index contributed by atoms with van der Waals surface area (Å²) in [5.41, 5.74) is 7.70. The first-order valence-electron chi connectivity index (χ1n) is 7.93. The summed E-state index contributed by atoms with van der Waals surface area (Å²) in [4.78, 5) is 14.3. The maximum Gasteiger partial charge on any atom is 0.163 e. The molecule has 0 amide bonds. The number of hydrogen-bond acceptors (Lipinski definition) is 7. The van der Waals surface area contributed by atoms with Crippen molar-refractivity contribution in [3.8, 4) is 17.5 Å². The highest BCUT2D eigenvalue weighted by molar-refractivity contribution is 7.18. The molecule has 0 bridgehead atoms. The van der Waals surface area contributed by atoms with E-state index in [1.165, 1.54) is 11.3 Å². The van der Waals surface area contributed by atoms with Crippen LogP contribution in [-0.2, 0) is 0 Å². The van der Waals surface area contributed by atoms with Crippen molar-refractivity contribution in [2.24, 2.45) is 0 Å². The summed E-state index contributed by atoms with van der Waals surface area (Å²) in [7, 11) is 0. The van der Waals surface area contributed by atoms with Gasteiger partial charge in [-0.2, -0.15) is 5.26 Å². The molecule has 0 aliphatic heterocycles. The van der Waals surface area contributed by atoms with Gasteiger partial charge in [0.25, 0.3) is 0 Å². The van der Waals surface area contributed by atoms with Crippen LogP contribution in [0.5, 0.6) is 0 Å². The zero-order chi connectivity index (χ0) is 19.0. The Hall–Kier alpha value is -3.05. The maximum absolute atomic E-state index is 10.7. The minimum atomic E-state index is -0.984. The summed E-state index contributed by atoms with van der Waals surface area (Å²) >= 11 is 7.43. The summed E-state index contributed by atoms with van der Waals surface area (Å²) in [6.45, 7) is 0. The Bertz CT molecular complexity index is 1200. The average molecular weight is 394 g/mol. The van der Waals surface area contributed by atoms with Crippen LogP contribution in [-0.4, -0.2) is 20.1 Å². The third kappa shape index (κ3) is 3.22. The SMILES string of the molecule is N#Cc1cccc(-c2nc(N)c3cc(C(O)c4ncccc4Cl)sc3n2)c1. The third-order valence-corrected chi connectivity index (χ3v) is 5.41. The molecule has 3 N–H and O–H groups in total. The molecule has 0 saturated carbocycles. The molecule has 1 aromatic carbocycles. The molecule has 27 heavy (non-hydrogen) atoms. The van der Waals surface area contributed by atoms with Gasteiger partial charge in [-0.05, 0) is 30.3 Å². The number of rotatable bonds is 3. The lowest BCUT2D eigenvalue weighted by Crippen LogP contribution is -2.00. The molecular formula is C19H12ClN5OS. The van der Waals surface area contributed by atoms with E-state index in [1.54, 1.807) is 42.6 Å². The van der Waals surface area contributed by atoms with Crippen LogP contribution in [0.25, 0.3) is 21.6 Å². The van der Waals surface area contributed by atoms with E-state index in [-0.39, 0.29) is 0 Å². The van der Waals surface area contributed by atoms with Crippen molar-refractivity contribution in [2.75, 3.05) is 5.73 Å². The van der Waals surface area contributed by atoms with Gasteiger partial charge in [-0.3, -0.25) is 4.98 Å². The largest absolute Gasteiger partial charge is 0.383 e. The molecule has 0 spiro atoms. The van der Waals surface area contributed by atoms with Crippen LogP contribution in [0.4, 0.5) is 5.82 Å². The number of nitrogens with zero attached hydrogens (tertiary/aromatic N) is 4. The smallest absolute Gasteiger partial charge is 0.163 e. The van der Waals surface area contributed by atoms with Crippen molar-refractivity contribution in [3.05, 3.63) is 69.8 Å². The highest BCUT2D eigenvalue weighted by Gasteiger charge is 2.20. The predicted molar refractivity (Wildman–Crippen MR) is 105 cm³/mol. The molecule has 8 heteroatoms. The normalized spacial score (nSPS) is 12.0. The number of aliphatic hydroxyl groups is 1. The van der Waals surface area contributed by atoms with Crippen LogP contribution in [0, 0.1) is 11.3 Å². The zero-order valence-corrected chi connectivity index (χ0v) is 15.4. The molecule has 4 rings (SSSR count). The number of anilines is 1. The minimum Gasteiger partial charge on any atom is -0.383 e. The van der Waals surface area contributed by atoms with Crippen LogP contribution in [0.15, 0.2) is 48.7 Å². The van der Waals surface area contributed by atoms with Gasteiger partial charge in [-0.15, -0.1) is 11.3 Å². The van der Waals surface area contributed by atoms with Crippen molar-refractivity contribution < 1.29 is 5.11 Å². The summed E-state index contributed by atoms with van der Waals surface area (Å²) in [6.07, 6.45) is 0.592. The number of nitriles is 1. The lowest BCUT2D eigenvalue weighted by Gasteiger charge is -2.08. The van der Waals surface area contributed by atoms with Crippen LogP contribution in [0.2, 0.25) is 5.02 Å². The molecular weight excluding hydrogens is 382 g/mol. The molecule has 3 aromatic heterocycles. The van der Waals surface area contributed by atoms with E-state index in [2.05, 4.69) is 21.0 Å². The molecule has 0 fully saturated rings. The van der Waals surface area contributed by atoms with Crippen LogP contribution < -0.4 is 5.73 Å². The second-order valence-electron chi connectivity index (χ2n) is 5.77. The van der Waals surface area contributed by atoms with E-state index in [1.807, 2.05) is 6.07 Å². The van der Waals surface area contributed by atoms with Crippen molar-refractivity contribution in [3.63, 3.8) is 0 Å². The molecule has 0 aliphatic rings. The molecule has 1 atom stereocenters. The predicted octanol–water partition coefficient (Wildman–Crippen LogP) is 3.94. The Morgan fingerprint density at radius 3 is 2.81 bits per heavy atom. The Morgan fingerprint density at radius 1 is 1.19 bits per heavy atom. The third-order valence-electron chi connectivity index (χ3n) is 4.01. The van der Waals surface area contributed by atoms with Crippen molar-refractivity contribution >= 4 is 39.0 Å². The van der Waals surface area contributed by atoms with Gasteiger partial charge in [-0.1, -0.05) is 23.7 Å². The molecule has 6 nitrogen and oxygen atoms in total. The van der Waals surface area contributed by atoms with Crippen molar-refractivity contribution in [1.82, 2.24) is 15.0 Å². The highest BCUT2D eigenvalue weighted by atomic mass is 35.5. The summed E-state index contributed by atoms with van der Waals surface area (Å²) < 4.78 is 0.